The summed E-state index contributed by atoms with van der Waals surface area (Å²) in [5.41, 5.74) is 5.19. The van der Waals surface area contributed by atoms with Gasteiger partial charge in [-0.15, -0.1) is 17.4 Å². The van der Waals surface area contributed by atoms with Crippen molar-refractivity contribution in [1.29, 1.82) is 0 Å². The zero-order valence-corrected chi connectivity index (χ0v) is 5.36. The SMILES string of the molecule is C#CCCn1nnc(N)n1. The number of rotatable bonds is 2. The second-order valence-electron chi connectivity index (χ2n) is 1.70. The largest absolute Gasteiger partial charge is 0.365 e. The summed E-state index contributed by atoms with van der Waals surface area (Å²) in [5.74, 6) is 2.63. The van der Waals surface area contributed by atoms with Crippen LogP contribution in [0, 0.1) is 12.3 Å². The predicted octanol–water partition coefficient (Wildman–Crippen LogP) is -0.721. The Morgan fingerprint density at radius 2 is 2.50 bits per heavy atom. The zero-order valence-electron chi connectivity index (χ0n) is 5.36. The maximum atomic E-state index is 5.19. The van der Waals surface area contributed by atoms with Crippen molar-refractivity contribution in [3.05, 3.63) is 0 Å². The monoisotopic (exact) mass is 137 g/mol. The minimum atomic E-state index is 0.178. The van der Waals surface area contributed by atoms with Crippen molar-refractivity contribution in [3.8, 4) is 12.3 Å². The molecule has 0 unspecified atom stereocenters. The molecule has 0 amide bonds. The minimum absolute atomic E-state index is 0.178. The van der Waals surface area contributed by atoms with Crippen molar-refractivity contribution in [1.82, 2.24) is 20.2 Å². The maximum absolute atomic E-state index is 5.19. The Morgan fingerprint density at radius 1 is 1.70 bits per heavy atom. The van der Waals surface area contributed by atoms with E-state index in [9.17, 15) is 0 Å². The van der Waals surface area contributed by atoms with Gasteiger partial charge >= 0.3 is 0 Å². The topological polar surface area (TPSA) is 69.6 Å². The molecule has 10 heavy (non-hydrogen) atoms. The molecular formula is C5H7N5. The summed E-state index contributed by atoms with van der Waals surface area (Å²) >= 11 is 0. The Labute approximate surface area is 58.2 Å². The van der Waals surface area contributed by atoms with Crippen molar-refractivity contribution in [2.24, 2.45) is 0 Å². The number of tetrazole rings is 1. The van der Waals surface area contributed by atoms with E-state index in [4.69, 9.17) is 12.2 Å². The van der Waals surface area contributed by atoms with Gasteiger partial charge in [0.1, 0.15) is 0 Å². The smallest absolute Gasteiger partial charge is 0.260 e. The lowest BCUT2D eigenvalue weighted by Gasteiger charge is -1.88. The summed E-state index contributed by atoms with van der Waals surface area (Å²) in [6, 6.07) is 0. The molecule has 1 aromatic rings. The lowest BCUT2D eigenvalue weighted by Crippen LogP contribution is -2.01. The molecule has 0 fully saturated rings. The van der Waals surface area contributed by atoms with E-state index < -0.39 is 0 Å². The fraction of sp³-hybridized carbons (Fsp3) is 0.400. The van der Waals surface area contributed by atoms with Crippen molar-refractivity contribution < 1.29 is 0 Å². The molecule has 5 nitrogen and oxygen atoms in total. The number of aryl methyl sites for hydroxylation is 1. The number of anilines is 1. The molecule has 1 heterocycles. The molecule has 0 saturated carbocycles. The third-order valence-electron chi connectivity index (χ3n) is 0.924. The van der Waals surface area contributed by atoms with Crippen molar-refractivity contribution in [2.45, 2.75) is 13.0 Å². The van der Waals surface area contributed by atoms with E-state index in [2.05, 4.69) is 21.3 Å². The Hall–Kier alpha value is -1.57. The molecule has 52 valence electrons. The number of nitrogens with zero attached hydrogens (tertiary/aromatic N) is 4. The first-order valence-corrected chi connectivity index (χ1v) is 2.79. The summed E-state index contributed by atoms with van der Waals surface area (Å²) in [7, 11) is 0. The number of terminal acetylenes is 1. The number of aromatic nitrogens is 4. The molecule has 0 saturated heterocycles. The lowest BCUT2D eigenvalue weighted by molar-refractivity contribution is 0.533. The molecule has 0 aliphatic carbocycles. The van der Waals surface area contributed by atoms with Gasteiger partial charge < -0.3 is 5.73 Å². The average molecular weight is 137 g/mol. The van der Waals surface area contributed by atoms with Crippen molar-refractivity contribution in [3.63, 3.8) is 0 Å². The molecule has 0 radical (unpaired) electrons. The van der Waals surface area contributed by atoms with Gasteiger partial charge in [-0.3, -0.25) is 0 Å². The molecule has 1 aromatic heterocycles. The quantitative estimate of drug-likeness (QED) is 0.546. The van der Waals surface area contributed by atoms with Crippen LogP contribution in [0.2, 0.25) is 0 Å². The molecule has 0 aromatic carbocycles. The highest BCUT2D eigenvalue weighted by Gasteiger charge is 1.94. The first kappa shape index (κ1) is 6.55. The number of hydrogen-bond acceptors (Lipinski definition) is 4. The Kier molecular flexibility index (Phi) is 1.85. The van der Waals surface area contributed by atoms with E-state index in [0.717, 1.165) is 0 Å². The fourth-order valence-corrected chi connectivity index (χ4v) is 0.515. The molecule has 5 heteroatoms. The number of hydrogen-bond donors (Lipinski definition) is 1. The molecule has 0 spiro atoms. The second kappa shape index (κ2) is 2.82. The molecule has 0 atom stereocenters. The van der Waals surface area contributed by atoms with Crippen LogP contribution in [-0.4, -0.2) is 20.2 Å². The van der Waals surface area contributed by atoms with Gasteiger partial charge in [0.25, 0.3) is 5.95 Å². The van der Waals surface area contributed by atoms with Gasteiger partial charge in [-0.05, 0) is 5.21 Å². The highest BCUT2D eigenvalue weighted by Crippen LogP contribution is 1.86. The van der Waals surface area contributed by atoms with Crippen LogP contribution in [0.4, 0.5) is 5.95 Å². The van der Waals surface area contributed by atoms with E-state index in [-0.39, 0.29) is 5.95 Å². The van der Waals surface area contributed by atoms with Crippen LogP contribution in [0.5, 0.6) is 0 Å². The van der Waals surface area contributed by atoms with E-state index in [1.54, 1.807) is 0 Å². The Morgan fingerprint density at radius 3 is 3.00 bits per heavy atom. The maximum Gasteiger partial charge on any atom is 0.260 e. The van der Waals surface area contributed by atoms with Gasteiger partial charge in [-0.25, -0.2) is 0 Å². The third kappa shape index (κ3) is 1.45. The molecule has 0 bridgehead atoms. The molecule has 2 N–H and O–H groups in total. The Bertz CT molecular complexity index is 245. The fourth-order valence-electron chi connectivity index (χ4n) is 0.515. The first-order valence-electron chi connectivity index (χ1n) is 2.79. The van der Waals surface area contributed by atoms with Crippen LogP contribution < -0.4 is 5.73 Å². The van der Waals surface area contributed by atoms with Gasteiger partial charge in [0.15, 0.2) is 0 Å². The van der Waals surface area contributed by atoms with Gasteiger partial charge in [-0.1, -0.05) is 5.10 Å². The van der Waals surface area contributed by atoms with E-state index in [1.807, 2.05) is 0 Å². The number of nitrogens with two attached hydrogens (primary N) is 1. The van der Waals surface area contributed by atoms with Crippen LogP contribution >= 0.6 is 0 Å². The average Bonchev–Trinajstić information content (AvgIpc) is 2.31. The van der Waals surface area contributed by atoms with Crippen molar-refractivity contribution >= 4 is 5.95 Å². The van der Waals surface area contributed by atoms with E-state index in [1.165, 1.54) is 4.80 Å². The van der Waals surface area contributed by atoms with Gasteiger partial charge in [0.2, 0.25) is 0 Å². The molecule has 0 aliphatic heterocycles. The number of nitrogen functional groups attached to an aromatic ring is 1. The minimum Gasteiger partial charge on any atom is -0.365 e. The van der Waals surface area contributed by atoms with E-state index >= 15 is 0 Å². The third-order valence-corrected chi connectivity index (χ3v) is 0.924. The molecular weight excluding hydrogens is 130 g/mol. The summed E-state index contributed by atoms with van der Waals surface area (Å²) < 4.78 is 0. The summed E-state index contributed by atoms with van der Waals surface area (Å²) in [6.45, 7) is 0.570. The van der Waals surface area contributed by atoms with Crippen molar-refractivity contribution in [2.75, 3.05) is 5.73 Å². The van der Waals surface area contributed by atoms with Crippen LogP contribution in [0.15, 0.2) is 0 Å². The predicted molar refractivity (Wildman–Crippen MR) is 35.7 cm³/mol. The normalized spacial score (nSPS) is 9.10. The zero-order chi connectivity index (χ0) is 7.40. The van der Waals surface area contributed by atoms with Gasteiger partial charge in [0.05, 0.1) is 6.54 Å². The van der Waals surface area contributed by atoms with E-state index in [0.29, 0.717) is 13.0 Å². The Balaban J connectivity index is 2.52. The first-order chi connectivity index (χ1) is 4.83. The van der Waals surface area contributed by atoms with Crippen LogP contribution in [0.1, 0.15) is 6.42 Å². The summed E-state index contributed by atoms with van der Waals surface area (Å²) in [4.78, 5) is 1.37. The standard InChI is InChI=1S/C5H7N5/c1-2-3-4-10-8-5(6)7-9-10/h1H,3-4H2,(H2,6,8). The van der Waals surface area contributed by atoms with Crippen LogP contribution in [0.3, 0.4) is 0 Å². The molecule has 1 rings (SSSR count). The summed E-state index contributed by atoms with van der Waals surface area (Å²) in [5, 5.41) is 10.8. The second-order valence-corrected chi connectivity index (χ2v) is 1.70. The molecule has 0 aliphatic rings. The van der Waals surface area contributed by atoms with Crippen LogP contribution in [0.25, 0.3) is 0 Å². The van der Waals surface area contributed by atoms with Gasteiger partial charge in [-0.2, -0.15) is 4.80 Å². The van der Waals surface area contributed by atoms with Gasteiger partial charge in [0, 0.05) is 6.42 Å². The highest BCUT2D eigenvalue weighted by atomic mass is 15.6. The highest BCUT2D eigenvalue weighted by molar-refractivity contribution is 5.06. The lowest BCUT2D eigenvalue weighted by atomic mass is 10.5. The summed E-state index contributed by atoms with van der Waals surface area (Å²) in [6.07, 6.45) is 5.61. The van der Waals surface area contributed by atoms with Crippen LogP contribution in [-0.2, 0) is 6.54 Å².